The van der Waals surface area contributed by atoms with Gasteiger partial charge in [0.25, 0.3) is 0 Å². The summed E-state index contributed by atoms with van der Waals surface area (Å²) in [5.74, 6) is 0.757. The van der Waals surface area contributed by atoms with E-state index in [4.69, 9.17) is 33.7 Å². The molecule has 1 atom stereocenters. The van der Waals surface area contributed by atoms with Crippen molar-refractivity contribution in [3.8, 4) is 11.5 Å². The number of imidazole rings is 1. The molecule has 25 heavy (non-hydrogen) atoms. The molecule has 0 unspecified atom stereocenters. The van der Waals surface area contributed by atoms with Crippen LogP contribution in [0.2, 0.25) is 10.0 Å². The Morgan fingerprint density at radius 3 is 2.76 bits per heavy atom. The average molecular weight is 400 g/mol. The van der Waals surface area contributed by atoms with Gasteiger partial charge in [-0.05, 0) is 24.3 Å². The van der Waals surface area contributed by atoms with Gasteiger partial charge in [0.2, 0.25) is 0 Å². The zero-order chi connectivity index (χ0) is 18.0. The van der Waals surface area contributed by atoms with Crippen LogP contribution in [0.1, 0.15) is 0 Å². The Bertz CT molecular complexity index is 865. The molecular weight excluding hydrogens is 385 g/mol. The van der Waals surface area contributed by atoms with Crippen LogP contribution in [0.15, 0.2) is 35.5 Å². The van der Waals surface area contributed by atoms with Crippen molar-refractivity contribution in [2.75, 3.05) is 18.1 Å². The van der Waals surface area contributed by atoms with Crippen LogP contribution in [0.25, 0.3) is 11.0 Å². The lowest BCUT2D eigenvalue weighted by molar-refractivity contribution is 0.126. The van der Waals surface area contributed by atoms with Crippen LogP contribution in [-0.4, -0.2) is 38.6 Å². The van der Waals surface area contributed by atoms with Gasteiger partial charge in [-0.1, -0.05) is 35.0 Å². The van der Waals surface area contributed by atoms with Crippen molar-refractivity contribution in [3.05, 3.63) is 40.4 Å². The summed E-state index contributed by atoms with van der Waals surface area (Å²) < 4.78 is 5.44. The molecule has 0 aliphatic heterocycles. The molecule has 0 amide bonds. The van der Waals surface area contributed by atoms with Crippen molar-refractivity contribution in [2.45, 2.75) is 11.3 Å². The van der Waals surface area contributed by atoms with Crippen LogP contribution in [-0.2, 0) is 0 Å². The molecule has 0 aliphatic rings. The van der Waals surface area contributed by atoms with Gasteiger partial charge in [-0.2, -0.15) is 0 Å². The molecule has 2 aromatic carbocycles. The predicted octanol–water partition coefficient (Wildman–Crippen LogP) is 3.69. The van der Waals surface area contributed by atoms with Crippen LogP contribution in [0.4, 0.5) is 5.69 Å². The summed E-state index contributed by atoms with van der Waals surface area (Å²) in [5.41, 5.74) is 7.28. The van der Waals surface area contributed by atoms with Gasteiger partial charge in [-0.15, -0.1) is 0 Å². The van der Waals surface area contributed by atoms with E-state index in [-0.39, 0.29) is 18.0 Å². The van der Waals surface area contributed by atoms with Crippen molar-refractivity contribution in [1.29, 1.82) is 0 Å². The highest BCUT2D eigenvalue weighted by atomic mass is 35.5. The van der Waals surface area contributed by atoms with Crippen LogP contribution < -0.4 is 10.5 Å². The van der Waals surface area contributed by atoms with Gasteiger partial charge < -0.3 is 25.7 Å². The molecule has 132 valence electrons. The van der Waals surface area contributed by atoms with Crippen LogP contribution in [0, 0.1) is 0 Å². The van der Waals surface area contributed by atoms with E-state index in [1.54, 1.807) is 18.2 Å². The summed E-state index contributed by atoms with van der Waals surface area (Å²) in [5, 5.41) is 21.1. The molecular formula is C16H15Cl2N3O3S. The van der Waals surface area contributed by atoms with Crippen molar-refractivity contribution in [3.63, 3.8) is 0 Å². The van der Waals surface area contributed by atoms with Crippen LogP contribution in [0.5, 0.6) is 11.5 Å². The Morgan fingerprint density at radius 2 is 2.00 bits per heavy atom. The number of aromatic hydroxyl groups is 1. The van der Waals surface area contributed by atoms with Crippen molar-refractivity contribution in [2.24, 2.45) is 0 Å². The minimum absolute atomic E-state index is 0.0547. The molecule has 9 heteroatoms. The second-order valence-corrected chi connectivity index (χ2v) is 7.14. The molecule has 0 spiro atoms. The van der Waals surface area contributed by atoms with Gasteiger partial charge in [0.05, 0.1) is 32.9 Å². The van der Waals surface area contributed by atoms with Gasteiger partial charge >= 0.3 is 0 Å². The van der Waals surface area contributed by atoms with E-state index in [1.165, 1.54) is 23.9 Å². The first-order valence-corrected chi connectivity index (χ1v) is 9.03. The normalized spacial score (nSPS) is 12.4. The molecule has 0 saturated heterocycles. The smallest absolute Gasteiger partial charge is 0.166 e. The molecule has 3 aromatic rings. The number of aliphatic hydroxyl groups excluding tert-OH is 1. The Morgan fingerprint density at radius 1 is 1.24 bits per heavy atom. The SMILES string of the molecule is Nc1ccc(OC[C@@H](O)CSc2nc3cc(Cl)c(Cl)cc3[nH]2)cc1O. The number of H-pyrrole nitrogens is 1. The van der Waals surface area contributed by atoms with Gasteiger partial charge in [-0.3, -0.25) is 0 Å². The number of aromatic nitrogens is 2. The number of nitrogen functional groups attached to an aromatic ring is 1. The average Bonchev–Trinajstić information content (AvgIpc) is 2.96. The number of aromatic amines is 1. The lowest BCUT2D eigenvalue weighted by Gasteiger charge is -2.12. The number of thioether (sulfide) groups is 1. The Labute approximate surface area is 157 Å². The Balaban J connectivity index is 1.55. The molecule has 0 aliphatic carbocycles. The third-order valence-corrected chi connectivity index (χ3v) is 5.10. The first kappa shape index (κ1) is 18.0. The number of halogens is 2. The molecule has 1 heterocycles. The lowest BCUT2D eigenvalue weighted by Crippen LogP contribution is -2.20. The molecule has 1 aromatic heterocycles. The third kappa shape index (κ3) is 4.43. The monoisotopic (exact) mass is 399 g/mol. The summed E-state index contributed by atoms with van der Waals surface area (Å²) in [6, 6.07) is 7.97. The summed E-state index contributed by atoms with van der Waals surface area (Å²) in [7, 11) is 0. The maximum absolute atomic E-state index is 10.0. The number of phenolic OH excluding ortho intramolecular Hbond substituents is 1. The number of fused-ring (bicyclic) bond motifs is 1. The minimum Gasteiger partial charge on any atom is -0.506 e. The van der Waals surface area contributed by atoms with E-state index in [0.29, 0.717) is 32.2 Å². The number of hydrogen-bond donors (Lipinski definition) is 4. The van der Waals surface area contributed by atoms with Gasteiger partial charge in [0.1, 0.15) is 18.1 Å². The maximum Gasteiger partial charge on any atom is 0.166 e. The zero-order valence-electron chi connectivity index (χ0n) is 12.9. The number of nitrogens with two attached hydrogens (primary N) is 1. The van der Waals surface area contributed by atoms with Crippen LogP contribution >= 0.6 is 35.0 Å². The van der Waals surface area contributed by atoms with E-state index >= 15 is 0 Å². The van der Waals surface area contributed by atoms with E-state index in [1.807, 2.05) is 0 Å². The number of nitrogens with one attached hydrogen (secondary N) is 1. The number of hydrogen-bond acceptors (Lipinski definition) is 6. The second kappa shape index (κ2) is 7.61. The first-order chi connectivity index (χ1) is 11.9. The van der Waals surface area contributed by atoms with Gasteiger partial charge in [0.15, 0.2) is 5.16 Å². The highest BCUT2D eigenvalue weighted by Gasteiger charge is 2.11. The third-order valence-electron chi connectivity index (χ3n) is 3.36. The van der Waals surface area contributed by atoms with Gasteiger partial charge in [0, 0.05) is 11.8 Å². The molecule has 6 nitrogen and oxygen atoms in total. The minimum atomic E-state index is -0.718. The highest BCUT2D eigenvalue weighted by Crippen LogP contribution is 2.29. The predicted molar refractivity (Wildman–Crippen MR) is 101 cm³/mol. The summed E-state index contributed by atoms with van der Waals surface area (Å²) in [6.45, 7) is 0.0776. The number of phenols is 1. The number of anilines is 1. The molecule has 0 fully saturated rings. The van der Waals surface area contributed by atoms with Crippen LogP contribution in [0.3, 0.4) is 0 Å². The molecule has 0 bridgehead atoms. The molecule has 3 rings (SSSR count). The van der Waals surface area contributed by atoms with Crippen molar-refractivity contribution < 1.29 is 14.9 Å². The van der Waals surface area contributed by atoms with E-state index in [9.17, 15) is 10.2 Å². The summed E-state index contributed by atoms with van der Waals surface area (Å²) >= 11 is 13.3. The zero-order valence-corrected chi connectivity index (χ0v) is 15.2. The number of nitrogens with zero attached hydrogens (tertiary/aromatic N) is 1. The Hall–Kier alpha value is -1.80. The maximum atomic E-state index is 10.0. The standard InChI is InChI=1S/C16H15Cl2N3O3S/c17-10-4-13-14(5-11(10)18)21-16(20-13)25-7-8(22)6-24-9-1-2-12(19)15(23)3-9/h1-5,8,22-23H,6-7,19H2,(H,20,21)/t8-/m1/s1. The first-order valence-electron chi connectivity index (χ1n) is 7.29. The number of aliphatic hydroxyl groups is 1. The van der Waals surface area contributed by atoms with E-state index in [2.05, 4.69) is 9.97 Å². The van der Waals surface area contributed by atoms with E-state index in [0.717, 1.165) is 5.52 Å². The van der Waals surface area contributed by atoms with Crippen molar-refractivity contribution in [1.82, 2.24) is 9.97 Å². The fraction of sp³-hybridized carbons (Fsp3) is 0.188. The van der Waals surface area contributed by atoms with E-state index < -0.39 is 6.10 Å². The summed E-state index contributed by atoms with van der Waals surface area (Å²) in [6.07, 6.45) is -0.718. The fourth-order valence-corrected chi connectivity index (χ4v) is 3.19. The molecule has 0 radical (unpaired) electrons. The number of rotatable bonds is 6. The summed E-state index contributed by atoms with van der Waals surface area (Å²) in [4.78, 5) is 7.51. The number of ether oxygens (including phenoxy) is 1. The lowest BCUT2D eigenvalue weighted by atomic mass is 10.3. The Kier molecular flexibility index (Phi) is 5.48. The quantitative estimate of drug-likeness (QED) is 0.286. The molecule has 5 N–H and O–H groups in total. The highest BCUT2D eigenvalue weighted by molar-refractivity contribution is 7.99. The topological polar surface area (TPSA) is 104 Å². The molecule has 0 saturated carbocycles. The largest absolute Gasteiger partial charge is 0.506 e. The van der Waals surface area contributed by atoms with Gasteiger partial charge in [-0.25, -0.2) is 4.98 Å². The van der Waals surface area contributed by atoms with Crippen molar-refractivity contribution >= 4 is 51.7 Å². The number of benzene rings is 2. The second-order valence-electron chi connectivity index (χ2n) is 5.32. The fourth-order valence-electron chi connectivity index (χ4n) is 2.08.